The minimum Gasteiger partial charge on any atom is -0.507 e. The summed E-state index contributed by atoms with van der Waals surface area (Å²) >= 11 is 0. The fourth-order valence-corrected chi connectivity index (χ4v) is 6.45. The second kappa shape index (κ2) is 10.6. The number of carbonyl (C=O) groups is 2. The summed E-state index contributed by atoms with van der Waals surface area (Å²) in [5.41, 5.74) is 7.11. The summed E-state index contributed by atoms with van der Waals surface area (Å²) in [6.45, 7) is 5.79. The number of nitrogens with two attached hydrogens (primary N) is 1. The standard InChI is InChI=1S/C29H33NO7.CH3.Fm/c1-14(13-31)29(35)11-16(9-18-10-17(30)7-8-37-18)22-15(2)23-25(27(33)20(22)12-29)26(32)19-5-4-6-21(36-3)24(19)28(23)34;;/h4-6,16-18,31,33,35H,1,7-13,30H2,2-3H3;1H3;/q;-1;. The fourth-order valence-electron chi connectivity index (χ4n) is 6.45. The van der Waals surface area contributed by atoms with E-state index in [1.54, 1.807) is 25.1 Å². The van der Waals surface area contributed by atoms with E-state index >= 15 is 0 Å². The molecule has 3 aliphatic rings. The van der Waals surface area contributed by atoms with Gasteiger partial charge in [-0.3, -0.25) is 9.59 Å². The third-order valence-electron chi connectivity index (χ3n) is 8.31. The molecule has 1 heterocycles. The molecule has 1 saturated heterocycles. The number of phenols is 1. The number of hydrogen-bond acceptors (Lipinski definition) is 8. The van der Waals surface area contributed by atoms with E-state index in [4.69, 9.17) is 15.2 Å². The van der Waals surface area contributed by atoms with Gasteiger partial charge in [-0.05, 0) is 61.3 Å². The molecule has 0 bridgehead atoms. The molecule has 4 atom stereocenters. The molecule has 2 aliphatic carbocycles. The molecule has 1 aliphatic heterocycles. The van der Waals surface area contributed by atoms with E-state index in [2.05, 4.69) is 6.58 Å². The molecule has 2 aromatic rings. The van der Waals surface area contributed by atoms with Crippen LogP contribution in [0.25, 0.3) is 0 Å². The summed E-state index contributed by atoms with van der Waals surface area (Å²) < 4.78 is 11.4. The zero-order valence-electron chi connectivity index (χ0n) is 22.5. The number of aliphatic hydroxyl groups is 2. The Morgan fingerprint density at radius 1 is 1.23 bits per heavy atom. The van der Waals surface area contributed by atoms with Gasteiger partial charge in [-0.25, -0.2) is 0 Å². The van der Waals surface area contributed by atoms with Crippen LogP contribution in [0.3, 0.4) is 0 Å². The quantitative estimate of drug-likeness (QED) is 0.229. The first-order valence-corrected chi connectivity index (χ1v) is 12.6. The molecule has 39 heavy (non-hydrogen) atoms. The normalized spacial score (nSPS) is 25.4. The van der Waals surface area contributed by atoms with E-state index in [0.29, 0.717) is 36.3 Å². The molecule has 0 amide bonds. The SMILES string of the molecule is C=C(CO)C1(O)Cc2c(O)c3c(c(C)c2C(CC2CC(N)CCO2)C1)C(=O)c1c(OC)cccc1C3=O.[CH3-].[Fm]. The maximum absolute atomic E-state index is 13.8. The minimum absolute atomic E-state index is 0. The zero-order chi connectivity index (χ0) is 26.6. The van der Waals surface area contributed by atoms with Gasteiger partial charge in [-0.1, -0.05) is 18.7 Å². The molecule has 8 nitrogen and oxygen atoms in total. The van der Waals surface area contributed by atoms with Crippen LogP contribution in [0.4, 0.5) is 0 Å². The van der Waals surface area contributed by atoms with Crippen LogP contribution in [0.5, 0.6) is 11.5 Å². The van der Waals surface area contributed by atoms with Crippen molar-refractivity contribution in [3.8, 4) is 11.5 Å². The number of phenolic OH excluding ortho intramolecular Hbond substituents is 1. The predicted octanol–water partition coefficient (Wildman–Crippen LogP) is 3.14. The molecule has 0 saturated carbocycles. The van der Waals surface area contributed by atoms with Crippen molar-refractivity contribution < 1.29 is 34.4 Å². The largest absolute Gasteiger partial charge is 0.507 e. The first kappa shape index (κ1) is 29.5. The molecule has 9 heteroatoms. The molecule has 0 aromatic heterocycles. The van der Waals surface area contributed by atoms with Gasteiger partial charge in [-0.2, -0.15) is 0 Å². The van der Waals surface area contributed by atoms with E-state index in [1.165, 1.54) is 7.11 Å². The summed E-state index contributed by atoms with van der Waals surface area (Å²) in [4.78, 5) is 27.5. The van der Waals surface area contributed by atoms with Crippen LogP contribution < -0.4 is 10.5 Å². The summed E-state index contributed by atoms with van der Waals surface area (Å²) in [5.74, 6) is -1.19. The molecular formula is C30H36FmNO7-. The number of methoxy groups -OCH3 is 1. The maximum atomic E-state index is 13.8. The molecule has 5 N–H and O–H groups in total. The average Bonchev–Trinajstić information content (AvgIpc) is 2.88. The van der Waals surface area contributed by atoms with Crippen molar-refractivity contribution in [3.63, 3.8) is 0 Å². The van der Waals surface area contributed by atoms with E-state index in [-0.39, 0.29) is 77.7 Å². The maximum Gasteiger partial charge on any atom is 0.198 e. The third kappa shape index (κ3) is 4.48. The number of fused-ring (bicyclic) bond motifs is 3. The summed E-state index contributed by atoms with van der Waals surface area (Å²) in [5, 5.41) is 33.0. The Bertz CT molecular complexity index is 1320. The van der Waals surface area contributed by atoms with Crippen LogP contribution >= 0.6 is 0 Å². The summed E-state index contributed by atoms with van der Waals surface area (Å²) in [6.07, 6.45) is 1.97. The van der Waals surface area contributed by atoms with Crippen molar-refractivity contribution in [1.29, 1.82) is 0 Å². The molecule has 0 spiro atoms. The smallest absolute Gasteiger partial charge is 0.198 e. The van der Waals surface area contributed by atoms with Crippen LogP contribution in [0, 0.1) is 14.4 Å². The van der Waals surface area contributed by atoms with Gasteiger partial charge in [0.05, 0.1) is 36.5 Å². The first-order valence-electron chi connectivity index (χ1n) is 12.6. The van der Waals surface area contributed by atoms with Gasteiger partial charge in [0.25, 0.3) is 0 Å². The predicted molar refractivity (Wildman–Crippen MR) is 143 cm³/mol. The molecule has 0 radical (unpaired) electrons. The number of ketones is 2. The minimum atomic E-state index is -1.50. The van der Waals surface area contributed by atoms with Crippen LogP contribution in [0.2, 0.25) is 0 Å². The molecule has 216 valence electrons. The van der Waals surface area contributed by atoms with Crippen molar-refractivity contribution in [2.45, 2.75) is 62.7 Å². The number of rotatable bonds is 5. The summed E-state index contributed by atoms with van der Waals surface area (Å²) in [7, 11) is 1.44. The van der Waals surface area contributed by atoms with E-state index in [9.17, 15) is 24.9 Å². The number of aromatic hydroxyl groups is 1. The van der Waals surface area contributed by atoms with Crippen molar-refractivity contribution in [3.05, 3.63) is 76.7 Å². The average molecular weight is 780 g/mol. The number of ether oxygens (including phenoxy) is 2. The van der Waals surface area contributed by atoms with E-state index < -0.39 is 18.0 Å². The van der Waals surface area contributed by atoms with Crippen molar-refractivity contribution in [2.75, 3.05) is 20.3 Å². The Hall–Kier alpha value is -4.04. The van der Waals surface area contributed by atoms with Crippen LogP contribution in [0.1, 0.15) is 80.1 Å². The van der Waals surface area contributed by atoms with Gasteiger partial charge in [0, 0.05) is 35.8 Å². The van der Waals surface area contributed by atoms with Gasteiger partial charge in [0.15, 0.2) is 11.6 Å². The third-order valence-corrected chi connectivity index (χ3v) is 8.31. The van der Waals surface area contributed by atoms with Crippen LogP contribution in [-0.4, -0.2) is 65.0 Å². The second-order valence-corrected chi connectivity index (χ2v) is 10.5. The molecule has 4 unspecified atom stereocenters. The number of hydrogen-bond donors (Lipinski definition) is 4. The Morgan fingerprint density at radius 2 is 1.95 bits per heavy atom. The Balaban J connectivity index is 0.00000210. The summed E-state index contributed by atoms with van der Waals surface area (Å²) in [6, 6.07) is 4.82. The van der Waals surface area contributed by atoms with Gasteiger partial charge in [0.1, 0.15) is 11.5 Å². The molecule has 1 fully saturated rings. The van der Waals surface area contributed by atoms with Crippen molar-refractivity contribution in [2.24, 2.45) is 5.73 Å². The topological polar surface area (TPSA) is 139 Å². The fraction of sp³-hybridized carbons (Fsp3) is 0.433. The number of aliphatic hydroxyl groups excluding tert-OH is 1. The van der Waals surface area contributed by atoms with Gasteiger partial charge in [0.2, 0.25) is 0 Å². The van der Waals surface area contributed by atoms with Crippen LogP contribution in [0.15, 0.2) is 30.4 Å². The van der Waals surface area contributed by atoms with E-state index in [0.717, 1.165) is 12.0 Å². The van der Waals surface area contributed by atoms with Crippen LogP contribution in [-0.2, 0) is 11.2 Å². The Kier molecular flexibility index (Phi) is 8.03. The number of benzene rings is 2. The molecular weight excluding hydrogens is 743 g/mol. The number of carbonyl (C=O) groups excluding carboxylic acids is 2. The van der Waals surface area contributed by atoms with Gasteiger partial charge in [-0.15, -0.1) is 0 Å². The van der Waals surface area contributed by atoms with Crippen molar-refractivity contribution >= 4 is 11.6 Å². The Morgan fingerprint density at radius 3 is 2.59 bits per heavy atom. The zero-order valence-corrected chi connectivity index (χ0v) is 24.9. The monoisotopic (exact) mass is 779 g/mol. The van der Waals surface area contributed by atoms with Gasteiger partial charge < -0.3 is 38.0 Å². The first-order chi connectivity index (χ1) is 17.6. The second-order valence-electron chi connectivity index (χ2n) is 10.5. The van der Waals surface area contributed by atoms with Crippen molar-refractivity contribution in [1.82, 2.24) is 0 Å². The van der Waals surface area contributed by atoms with E-state index in [1.807, 2.05) is 0 Å². The van der Waals surface area contributed by atoms with Gasteiger partial charge >= 0.3 is 0 Å². The molecule has 2 aromatic carbocycles. The molecule has 5 rings (SSSR count). The Labute approximate surface area is 223 Å².